The molecule has 3 unspecified atom stereocenters. The SMILES string of the molecule is COc1ccc(Nc2nccc(C(=O)NC3CC4CCC3(C)C4(C)C)n2)cc1OCCN1CCCC1. The van der Waals surface area contributed by atoms with E-state index in [2.05, 4.69) is 46.3 Å². The van der Waals surface area contributed by atoms with Gasteiger partial charge in [-0.05, 0) is 80.1 Å². The average molecular weight is 494 g/mol. The Kier molecular flexibility index (Phi) is 6.81. The van der Waals surface area contributed by atoms with Gasteiger partial charge in [-0.1, -0.05) is 20.8 Å². The third-order valence-corrected chi connectivity index (χ3v) is 9.27. The smallest absolute Gasteiger partial charge is 0.270 e. The van der Waals surface area contributed by atoms with E-state index in [-0.39, 0.29) is 22.8 Å². The number of nitrogens with zero attached hydrogens (tertiary/aromatic N) is 3. The minimum atomic E-state index is -0.143. The zero-order valence-electron chi connectivity index (χ0n) is 22.0. The van der Waals surface area contributed by atoms with E-state index in [4.69, 9.17) is 9.47 Å². The lowest BCUT2D eigenvalue weighted by Crippen LogP contribution is -2.47. The van der Waals surface area contributed by atoms with Crippen LogP contribution in [0.25, 0.3) is 0 Å². The number of amides is 1. The van der Waals surface area contributed by atoms with Crippen molar-refractivity contribution in [2.45, 2.75) is 58.9 Å². The Balaban J connectivity index is 1.23. The predicted molar refractivity (Wildman–Crippen MR) is 140 cm³/mol. The Morgan fingerprint density at radius 1 is 1.17 bits per heavy atom. The van der Waals surface area contributed by atoms with E-state index in [0.717, 1.165) is 38.2 Å². The van der Waals surface area contributed by atoms with Crippen molar-refractivity contribution in [3.8, 4) is 11.5 Å². The summed E-state index contributed by atoms with van der Waals surface area (Å²) in [5.41, 5.74) is 1.50. The number of anilines is 2. The fourth-order valence-electron chi connectivity index (χ4n) is 6.49. The van der Waals surface area contributed by atoms with Crippen LogP contribution in [-0.4, -0.2) is 60.2 Å². The van der Waals surface area contributed by atoms with Gasteiger partial charge in [0.15, 0.2) is 11.5 Å². The van der Waals surface area contributed by atoms with E-state index in [9.17, 15) is 4.79 Å². The Bertz CT molecular complexity index is 1100. The predicted octanol–water partition coefficient (Wildman–Crippen LogP) is 4.65. The number of likely N-dealkylation sites (tertiary alicyclic amines) is 1. The average Bonchev–Trinajstić information content (AvgIpc) is 3.51. The van der Waals surface area contributed by atoms with Crippen LogP contribution in [0.2, 0.25) is 0 Å². The van der Waals surface area contributed by atoms with Gasteiger partial charge in [0.05, 0.1) is 7.11 Å². The lowest BCUT2D eigenvalue weighted by molar-refractivity contribution is 0.0821. The standard InChI is InChI=1S/C28H39N5O3/c1-27(2)19-9-11-28(27,3)24(17-19)32-25(34)21-10-12-29-26(31-21)30-20-7-8-22(35-4)23(18-20)36-16-15-33-13-5-6-14-33/h7-8,10,12,18-19,24H,5-6,9,11,13-17H2,1-4H3,(H,32,34)(H,29,30,31). The highest BCUT2D eigenvalue weighted by Gasteiger charge is 2.61. The van der Waals surface area contributed by atoms with Gasteiger partial charge in [-0.25, -0.2) is 9.97 Å². The maximum Gasteiger partial charge on any atom is 0.270 e. The molecule has 1 amide bonds. The van der Waals surface area contributed by atoms with Crippen molar-refractivity contribution in [1.29, 1.82) is 0 Å². The molecular formula is C28H39N5O3. The van der Waals surface area contributed by atoms with Crippen molar-refractivity contribution in [2.24, 2.45) is 16.7 Å². The molecule has 2 aliphatic carbocycles. The number of carbonyl (C=O) groups excluding carboxylic acids is 1. The molecule has 3 fully saturated rings. The molecule has 1 saturated heterocycles. The number of hydrogen-bond acceptors (Lipinski definition) is 7. The van der Waals surface area contributed by atoms with Crippen LogP contribution >= 0.6 is 0 Å². The van der Waals surface area contributed by atoms with Gasteiger partial charge >= 0.3 is 0 Å². The second-order valence-electron chi connectivity index (χ2n) is 11.3. The molecule has 2 bridgehead atoms. The zero-order chi connectivity index (χ0) is 25.3. The summed E-state index contributed by atoms with van der Waals surface area (Å²) in [6.45, 7) is 10.8. The van der Waals surface area contributed by atoms with Gasteiger partial charge in [0.1, 0.15) is 12.3 Å². The highest BCUT2D eigenvalue weighted by molar-refractivity contribution is 5.92. The fraction of sp³-hybridized carbons (Fsp3) is 0.607. The highest BCUT2D eigenvalue weighted by Crippen LogP contribution is 2.65. The number of fused-ring (bicyclic) bond motifs is 2. The van der Waals surface area contributed by atoms with Crippen LogP contribution in [-0.2, 0) is 0 Å². The monoisotopic (exact) mass is 493 g/mol. The van der Waals surface area contributed by atoms with Crippen molar-refractivity contribution in [3.05, 3.63) is 36.2 Å². The van der Waals surface area contributed by atoms with Crippen LogP contribution in [0.5, 0.6) is 11.5 Å². The van der Waals surface area contributed by atoms with Gasteiger partial charge in [0.2, 0.25) is 5.95 Å². The molecule has 194 valence electrons. The molecule has 8 nitrogen and oxygen atoms in total. The van der Waals surface area contributed by atoms with Gasteiger partial charge in [0.25, 0.3) is 5.91 Å². The maximum atomic E-state index is 13.1. The van der Waals surface area contributed by atoms with E-state index in [1.165, 1.54) is 19.3 Å². The van der Waals surface area contributed by atoms with E-state index >= 15 is 0 Å². The first-order valence-corrected chi connectivity index (χ1v) is 13.2. The number of methoxy groups -OCH3 is 1. The summed E-state index contributed by atoms with van der Waals surface area (Å²) < 4.78 is 11.5. The molecule has 0 spiro atoms. The molecule has 3 atom stereocenters. The molecule has 2 saturated carbocycles. The van der Waals surface area contributed by atoms with Crippen molar-refractivity contribution in [3.63, 3.8) is 0 Å². The van der Waals surface area contributed by atoms with Crippen LogP contribution < -0.4 is 20.1 Å². The summed E-state index contributed by atoms with van der Waals surface area (Å²) in [7, 11) is 1.64. The number of hydrogen-bond donors (Lipinski definition) is 2. The minimum absolute atomic E-state index is 0.121. The molecule has 5 rings (SSSR count). The Morgan fingerprint density at radius 2 is 1.97 bits per heavy atom. The number of nitrogens with one attached hydrogen (secondary N) is 2. The Hall–Kier alpha value is -2.87. The molecule has 36 heavy (non-hydrogen) atoms. The molecule has 2 heterocycles. The first kappa shape index (κ1) is 24.8. The topological polar surface area (TPSA) is 88.6 Å². The highest BCUT2D eigenvalue weighted by atomic mass is 16.5. The van der Waals surface area contributed by atoms with Gasteiger partial charge in [0, 0.05) is 30.5 Å². The lowest BCUT2D eigenvalue weighted by atomic mass is 9.69. The summed E-state index contributed by atoms with van der Waals surface area (Å²) in [5, 5.41) is 6.50. The lowest BCUT2D eigenvalue weighted by Gasteiger charge is -2.39. The normalized spacial score (nSPS) is 26.7. The molecule has 0 radical (unpaired) electrons. The molecule has 1 aromatic heterocycles. The zero-order valence-corrected chi connectivity index (χ0v) is 22.0. The number of rotatable bonds is 9. The first-order chi connectivity index (χ1) is 17.3. The van der Waals surface area contributed by atoms with Crippen molar-refractivity contribution in [2.75, 3.05) is 38.7 Å². The van der Waals surface area contributed by atoms with E-state index in [1.807, 2.05) is 18.2 Å². The third-order valence-electron chi connectivity index (χ3n) is 9.27. The third kappa shape index (κ3) is 4.63. The van der Waals surface area contributed by atoms with Gasteiger partial charge in [-0.3, -0.25) is 9.69 Å². The van der Waals surface area contributed by atoms with E-state index in [0.29, 0.717) is 35.7 Å². The quantitative estimate of drug-likeness (QED) is 0.526. The largest absolute Gasteiger partial charge is 0.493 e. The van der Waals surface area contributed by atoms with Gasteiger partial charge in [-0.2, -0.15) is 0 Å². The molecule has 3 aliphatic rings. The minimum Gasteiger partial charge on any atom is -0.493 e. The molecule has 1 aliphatic heterocycles. The molecule has 8 heteroatoms. The summed E-state index contributed by atoms with van der Waals surface area (Å²) >= 11 is 0. The molecule has 2 aromatic rings. The number of carbonyl (C=O) groups is 1. The van der Waals surface area contributed by atoms with Crippen molar-refractivity contribution in [1.82, 2.24) is 20.2 Å². The number of ether oxygens (including phenoxy) is 2. The Labute approximate surface area is 214 Å². The maximum absolute atomic E-state index is 13.1. The van der Waals surface area contributed by atoms with Crippen LogP contribution in [0.15, 0.2) is 30.5 Å². The van der Waals surface area contributed by atoms with Gasteiger partial charge in [-0.15, -0.1) is 0 Å². The van der Waals surface area contributed by atoms with Crippen molar-refractivity contribution < 1.29 is 14.3 Å². The van der Waals surface area contributed by atoms with E-state index < -0.39 is 0 Å². The number of aromatic nitrogens is 2. The second kappa shape index (κ2) is 9.88. The first-order valence-electron chi connectivity index (χ1n) is 13.2. The molecule has 1 aromatic carbocycles. The van der Waals surface area contributed by atoms with E-state index in [1.54, 1.807) is 19.4 Å². The van der Waals surface area contributed by atoms with Crippen LogP contribution in [0, 0.1) is 16.7 Å². The van der Waals surface area contributed by atoms with Crippen LogP contribution in [0.4, 0.5) is 11.6 Å². The number of benzene rings is 1. The second-order valence-corrected chi connectivity index (χ2v) is 11.3. The fourth-order valence-corrected chi connectivity index (χ4v) is 6.49. The van der Waals surface area contributed by atoms with Gasteiger partial charge < -0.3 is 20.1 Å². The van der Waals surface area contributed by atoms with Crippen LogP contribution in [0.3, 0.4) is 0 Å². The molecule has 2 N–H and O–H groups in total. The van der Waals surface area contributed by atoms with Crippen LogP contribution in [0.1, 0.15) is 63.4 Å². The summed E-state index contributed by atoms with van der Waals surface area (Å²) in [4.78, 5) is 24.4. The summed E-state index contributed by atoms with van der Waals surface area (Å²) in [5.74, 6) is 2.24. The Morgan fingerprint density at radius 3 is 2.67 bits per heavy atom. The van der Waals surface area contributed by atoms with Crippen molar-refractivity contribution >= 4 is 17.5 Å². The molecular weight excluding hydrogens is 454 g/mol. The summed E-state index contributed by atoms with van der Waals surface area (Å²) in [6, 6.07) is 7.48. The summed E-state index contributed by atoms with van der Waals surface area (Å²) in [6.07, 6.45) is 7.59.